The molecule has 0 aliphatic heterocycles. The molecule has 0 heterocycles. The van der Waals surface area contributed by atoms with Crippen LogP contribution in [0, 0.1) is 5.82 Å². The number of ether oxygens (including phenoxy) is 1. The number of esters is 1. The quantitative estimate of drug-likeness (QED) is 0.800. The first-order valence-electron chi connectivity index (χ1n) is 5.39. The van der Waals surface area contributed by atoms with Crippen molar-refractivity contribution in [3.8, 4) is 0 Å². The second-order valence-corrected chi connectivity index (χ2v) is 3.39. The van der Waals surface area contributed by atoms with E-state index in [1.54, 1.807) is 19.1 Å². The van der Waals surface area contributed by atoms with E-state index in [9.17, 15) is 9.18 Å². The van der Waals surface area contributed by atoms with Crippen molar-refractivity contribution in [1.29, 1.82) is 0 Å². The summed E-state index contributed by atoms with van der Waals surface area (Å²) in [5.41, 5.74) is 0.587. The highest BCUT2D eigenvalue weighted by atomic mass is 19.1. The fourth-order valence-corrected chi connectivity index (χ4v) is 1.35. The van der Waals surface area contributed by atoms with Crippen LogP contribution in [0.5, 0.6) is 0 Å². The van der Waals surface area contributed by atoms with Gasteiger partial charge in [-0.3, -0.25) is 4.79 Å². The summed E-state index contributed by atoms with van der Waals surface area (Å²) in [5, 5.41) is 8.89. The fraction of sp³-hybridized carbons (Fsp3) is 0.308. The van der Waals surface area contributed by atoms with E-state index in [0.717, 1.165) is 0 Å². The molecule has 0 bridgehead atoms. The van der Waals surface area contributed by atoms with E-state index in [1.807, 2.05) is 0 Å². The SMILES string of the molecule is CCOC(=O)CC=Cc1cccc(CO)c1F. The van der Waals surface area contributed by atoms with Crippen molar-refractivity contribution in [2.45, 2.75) is 20.0 Å². The van der Waals surface area contributed by atoms with Crippen molar-refractivity contribution in [1.82, 2.24) is 0 Å². The third-order valence-electron chi connectivity index (χ3n) is 2.17. The van der Waals surface area contributed by atoms with Gasteiger partial charge < -0.3 is 9.84 Å². The number of aliphatic hydroxyl groups is 1. The van der Waals surface area contributed by atoms with E-state index >= 15 is 0 Å². The van der Waals surface area contributed by atoms with Gasteiger partial charge in [0.1, 0.15) is 5.82 Å². The Morgan fingerprint density at radius 2 is 2.29 bits per heavy atom. The first-order valence-corrected chi connectivity index (χ1v) is 5.39. The molecule has 0 saturated carbocycles. The maximum Gasteiger partial charge on any atom is 0.309 e. The molecule has 3 nitrogen and oxygen atoms in total. The van der Waals surface area contributed by atoms with Crippen LogP contribution in [0.1, 0.15) is 24.5 Å². The molecule has 1 aromatic carbocycles. The third kappa shape index (κ3) is 4.00. The van der Waals surface area contributed by atoms with Gasteiger partial charge in [-0.2, -0.15) is 0 Å². The Morgan fingerprint density at radius 3 is 2.94 bits per heavy atom. The largest absolute Gasteiger partial charge is 0.466 e. The number of rotatable bonds is 5. The lowest BCUT2D eigenvalue weighted by atomic mass is 10.1. The average molecular weight is 238 g/mol. The summed E-state index contributed by atoms with van der Waals surface area (Å²) in [7, 11) is 0. The van der Waals surface area contributed by atoms with Gasteiger partial charge in [-0.25, -0.2) is 4.39 Å². The van der Waals surface area contributed by atoms with Gasteiger partial charge in [0.15, 0.2) is 0 Å². The predicted molar refractivity (Wildman–Crippen MR) is 62.6 cm³/mol. The molecule has 0 saturated heterocycles. The van der Waals surface area contributed by atoms with E-state index in [1.165, 1.54) is 18.2 Å². The maximum atomic E-state index is 13.6. The first kappa shape index (κ1) is 13.4. The lowest BCUT2D eigenvalue weighted by Crippen LogP contribution is -2.01. The van der Waals surface area contributed by atoms with Crippen molar-refractivity contribution in [2.24, 2.45) is 0 Å². The monoisotopic (exact) mass is 238 g/mol. The van der Waals surface area contributed by atoms with Gasteiger partial charge in [0.05, 0.1) is 19.6 Å². The second kappa shape index (κ2) is 6.81. The Hall–Kier alpha value is -1.68. The molecular formula is C13H15FO3. The fourth-order valence-electron chi connectivity index (χ4n) is 1.35. The molecule has 0 atom stereocenters. The molecule has 0 fully saturated rings. The Kier molecular flexibility index (Phi) is 5.36. The van der Waals surface area contributed by atoms with Gasteiger partial charge in [-0.1, -0.05) is 30.4 Å². The minimum atomic E-state index is -0.463. The molecule has 1 aromatic rings. The number of halogens is 1. The number of benzene rings is 1. The van der Waals surface area contributed by atoms with Crippen LogP contribution in [-0.4, -0.2) is 17.7 Å². The van der Waals surface area contributed by atoms with Crippen LogP contribution in [0.15, 0.2) is 24.3 Å². The standard InChI is InChI=1S/C13H15FO3/c1-2-17-12(16)8-4-6-10-5-3-7-11(9-15)13(10)14/h3-7,15H,2,8-9H2,1H3. The topological polar surface area (TPSA) is 46.5 Å². The molecule has 4 heteroatoms. The highest BCUT2D eigenvalue weighted by Crippen LogP contribution is 2.14. The molecular weight excluding hydrogens is 223 g/mol. The summed E-state index contributed by atoms with van der Waals surface area (Å²) < 4.78 is 18.3. The van der Waals surface area contributed by atoms with Crippen LogP contribution in [-0.2, 0) is 16.1 Å². The molecule has 0 spiro atoms. The minimum Gasteiger partial charge on any atom is -0.466 e. The summed E-state index contributed by atoms with van der Waals surface area (Å²) in [6, 6.07) is 4.74. The molecule has 17 heavy (non-hydrogen) atoms. The van der Waals surface area contributed by atoms with Crippen LogP contribution in [0.2, 0.25) is 0 Å². The molecule has 0 aromatic heterocycles. The summed E-state index contributed by atoms with van der Waals surface area (Å²) in [6.07, 6.45) is 3.15. The van der Waals surface area contributed by atoms with Crippen molar-refractivity contribution >= 4 is 12.0 Å². The Balaban J connectivity index is 2.68. The molecule has 0 amide bonds. The Morgan fingerprint density at radius 1 is 1.53 bits per heavy atom. The second-order valence-electron chi connectivity index (χ2n) is 3.39. The van der Waals surface area contributed by atoms with Gasteiger partial charge in [0.2, 0.25) is 0 Å². The first-order chi connectivity index (χ1) is 8.19. The molecule has 1 N–H and O–H groups in total. The summed E-state index contributed by atoms with van der Waals surface area (Å²) in [5.74, 6) is -0.808. The zero-order chi connectivity index (χ0) is 12.7. The van der Waals surface area contributed by atoms with Crippen LogP contribution in [0.25, 0.3) is 6.08 Å². The van der Waals surface area contributed by atoms with Gasteiger partial charge in [-0.05, 0) is 6.92 Å². The predicted octanol–water partition coefficient (Wildman–Crippen LogP) is 2.28. The summed E-state index contributed by atoms with van der Waals surface area (Å²) >= 11 is 0. The lowest BCUT2D eigenvalue weighted by Gasteiger charge is -2.02. The molecule has 1 rings (SSSR count). The highest BCUT2D eigenvalue weighted by molar-refractivity contribution is 5.72. The van der Waals surface area contributed by atoms with Crippen LogP contribution < -0.4 is 0 Å². The van der Waals surface area contributed by atoms with Crippen LogP contribution in [0.4, 0.5) is 4.39 Å². The minimum absolute atomic E-state index is 0.108. The summed E-state index contributed by atoms with van der Waals surface area (Å²) in [4.78, 5) is 11.0. The normalized spacial score (nSPS) is 10.8. The van der Waals surface area contributed by atoms with E-state index in [-0.39, 0.29) is 24.6 Å². The van der Waals surface area contributed by atoms with E-state index < -0.39 is 5.82 Å². The number of aliphatic hydroxyl groups excluding tert-OH is 1. The Bertz CT molecular complexity index is 413. The number of hydrogen-bond donors (Lipinski definition) is 1. The zero-order valence-electron chi connectivity index (χ0n) is 9.65. The van der Waals surface area contributed by atoms with Gasteiger partial charge >= 0.3 is 5.97 Å². The third-order valence-corrected chi connectivity index (χ3v) is 2.17. The molecule has 92 valence electrons. The summed E-state index contributed by atoms with van der Waals surface area (Å²) in [6.45, 7) is 1.72. The number of carbonyl (C=O) groups excluding carboxylic acids is 1. The lowest BCUT2D eigenvalue weighted by molar-refractivity contribution is -0.142. The van der Waals surface area contributed by atoms with Gasteiger partial charge in [0.25, 0.3) is 0 Å². The van der Waals surface area contributed by atoms with E-state index in [0.29, 0.717) is 12.2 Å². The smallest absolute Gasteiger partial charge is 0.309 e. The van der Waals surface area contributed by atoms with Gasteiger partial charge in [0, 0.05) is 11.1 Å². The maximum absolute atomic E-state index is 13.6. The van der Waals surface area contributed by atoms with Crippen molar-refractivity contribution in [3.05, 3.63) is 41.2 Å². The van der Waals surface area contributed by atoms with Crippen LogP contribution in [0.3, 0.4) is 0 Å². The number of hydrogen-bond acceptors (Lipinski definition) is 3. The highest BCUT2D eigenvalue weighted by Gasteiger charge is 2.04. The average Bonchev–Trinajstić information content (AvgIpc) is 2.32. The zero-order valence-corrected chi connectivity index (χ0v) is 9.65. The molecule has 0 aliphatic rings. The van der Waals surface area contributed by atoms with Crippen molar-refractivity contribution in [3.63, 3.8) is 0 Å². The van der Waals surface area contributed by atoms with Gasteiger partial charge in [-0.15, -0.1) is 0 Å². The van der Waals surface area contributed by atoms with E-state index in [4.69, 9.17) is 9.84 Å². The molecule has 0 radical (unpaired) electrons. The molecule has 0 unspecified atom stereocenters. The Labute approximate surface area is 99.5 Å². The van der Waals surface area contributed by atoms with E-state index in [2.05, 4.69) is 0 Å². The molecule has 0 aliphatic carbocycles. The van der Waals surface area contributed by atoms with Crippen molar-refractivity contribution < 1.29 is 19.0 Å². The number of carbonyl (C=O) groups is 1. The van der Waals surface area contributed by atoms with Crippen LogP contribution >= 0.6 is 0 Å². The van der Waals surface area contributed by atoms with Crippen molar-refractivity contribution in [2.75, 3.05) is 6.61 Å².